The van der Waals surface area contributed by atoms with Crippen molar-refractivity contribution in [2.75, 3.05) is 0 Å². The smallest absolute Gasteiger partial charge is 0.358 e. The zero-order chi connectivity index (χ0) is 13.2. The van der Waals surface area contributed by atoms with Crippen LogP contribution in [0, 0.1) is 0 Å². The number of nitrogens with zero attached hydrogens (tertiary/aromatic N) is 2. The maximum Gasteiger partial charge on any atom is 0.358 e. The number of carbonyl (C=O) groups excluding carboxylic acids is 1. The van der Waals surface area contributed by atoms with Crippen LogP contribution in [-0.4, -0.2) is 21.5 Å². The van der Waals surface area contributed by atoms with Crippen LogP contribution in [0.1, 0.15) is 31.3 Å². The number of esters is 1. The van der Waals surface area contributed by atoms with E-state index >= 15 is 0 Å². The summed E-state index contributed by atoms with van der Waals surface area (Å²) in [7, 11) is 0. The van der Waals surface area contributed by atoms with Crippen LogP contribution in [0.3, 0.4) is 0 Å². The summed E-state index contributed by atoms with van der Waals surface area (Å²) in [5.41, 5.74) is 0.737. The van der Waals surface area contributed by atoms with E-state index in [2.05, 4.69) is 9.97 Å². The van der Waals surface area contributed by atoms with Crippen molar-refractivity contribution in [2.45, 2.75) is 26.4 Å². The van der Waals surface area contributed by atoms with Crippen molar-refractivity contribution in [3.05, 3.63) is 35.6 Å². The lowest BCUT2D eigenvalue weighted by molar-refractivity contribution is 0.00638. The Balaban J connectivity index is 2.19. The molecule has 0 aromatic carbocycles. The summed E-state index contributed by atoms with van der Waals surface area (Å²) in [6.07, 6.45) is 3.42. The summed E-state index contributed by atoms with van der Waals surface area (Å²) in [4.78, 5) is 20.1. The molecule has 0 saturated heterocycles. The molecule has 0 aliphatic carbocycles. The van der Waals surface area contributed by atoms with Crippen molar-refractivity contribution in [1.82, 2.24) is 9.97 Å². The lowest BCUT2D eigenvalue weighted by Gasteiger charge is -2.18. The number of hydrogen-bond donors (Lipinski definition) is 0. The summed E-state index contributed by atoms with van der Waals surface area (Å²) in [6, 6.07) is 3.74. The molecule has 2 aromatic heterocycles. The monoisotopic (exact) mass is 262 g/mol. The minimum absolute atomic E-state index is 0.341. The van der Waals surface area contributed by atoms with Gasteiger partial charge in [-0.15, -0.1) is 11.3 Å². The SMILES string of the molecule is CC(C)(C)OC(=O)c1csc(-c2cccnc2)n1. The molecule has 5 heteroatoms. The number of ether oxygens (including phenoxy) is 1. The molecule has 0 atom stereocenters. The number of carbonyl (C=O) groups is 1. The molecule has 0 radical (unpaired) electrons. The fourth-order valence-electron chi connectivity index (χ4n) is 1.32. The van der Waals surface area contributed by atoms with Gasteiger partial charge in [-0.05, 0) is 32.9 Å². The highest BCUT2D eigenvalue weighted by atomic mass is 32.1. The minimum Gasteiger partial charge on any atom is -0.455 e. The fraction of sp³-hybridized carbons (Fsp3) is 0.308. The number of hydrogen-bond acceptors (Lipinski definition) is 5. The van der Waals surface area contributed by atoms with Gasteiger partial charge in [-0.25, -0.2) is 9.78 Å². The molecule has 0 unspecified atom stereocenters. The van der Waals surface area contributed by atoms with Gasteiger partial charge < -0.3 is 4.74 Å². The Bertz CT molecular complexity index is 544. The first kappa shape index (κ1) is 12.7. The van der Waals surface area contributed by atoms with Crippen LogP contribution in [0.25, 0.3) is 10.6 Å². The van der Waals surface area contributed by atoms with E-state index in [4.69, 9.17) is 4.74 Å². The Morgan fingerprint density at radius 2 is 2.17 bits per heavy atom. The second kappa shape index (κ2) is 4.86. The van der Waals surface area contributed by atoms with Gasteiger partial charge in [0, 0.05) is 23.3 Å². The molecule has 94 valence electrons. The first-order chi connectivity index (χ1) is 8.46. The maximum absolute atomic E-state index is 11.8. The van der Waals surface area contributed by atoms with Crippen LogP contribution in [0.4, 0.5) is 0 Å². The fourth-order valence-corrected chi connectivity index (χ4v) is 2.10. The average molecular weight is 262 g/mol. The van der Waals surface area contributed by atoms with E-state index in [1.807, 2.05) is 32.9 Å². The number of rotatable bonds is 2. The van der Waals surface area contributed by atoms with E-state index in [0.29, 0.717) is 5.69 Å². The van der Waals surface area contributed by atoms with E-state index in [0.717, 1.165) is 10.6 Å². The first-order valence-corrected chi connectivity index (χ1v) is 6.43. The molecule has 0 bridgehead atoms. The quantitative estimate of drug-likeness (QED) is 0.780. The Morgan fingerprint density at radius 1 is 1.39 bits per heavy atom. The molecule has 0 aliphatic rings. The Morgan fingerprint density at radius 3 is 2.78 bits per heavy atom. The Hall–Kier alpha value is -1.75. The summed E-state index contributed by atoms with van der Waals surface area (Å²) in [5.74, 6) is -0.395. The summed E-state index contributed by atoms with van der Waals surface area (Å²) >= 11 is 1.41. The lowest BCUT2D eigenvalue weighted by Crippen LogP contribution is -2.24. The van der Waals surface area contributed by atoms with Gasteiger partial charge in [-0.3, -0.25) is 4.98 Å². The number of aromatic nitrogens is 2. The first-order valence-electron chi connectivity index (χ1n) is 5.55. The molecular weight excluding hydrogens is 248 g/mol. The third-order valence-electron chi connectivity index (χ3n) is 2.02. The zero-order valence-corrected chi connectivity index (χ0v) is 11.3. The maximum atomic E-state index is 11.8. The molecule has 2 rings (SSSR count). The molecule has 18 heavy (non-hydrogen) atoms. The van der Waals surface area contributed by atoms with Crippen molar-refractivity contribution in [1.29, 1.82) is 0 Å². The molecule has 2 heterocycles. The van der Waals surface area contributed by atoms with E-state index in [1.54, 1.807) is 17.8 Å². The summed E-state index contributed by atoms with van der Waals surface area (Å²) < 4.78 is 5.26. The topological polar surface area (TPSA) is 52.1 Å². The van der Waals surface area contributed by atoms with Gasteiger partial charge in [0.05, 0.1) is 0 Å². The molecule has 0 spiro atoms. The summed E-state index contributed by atoms with van der Waals surface area (Å²) in [6.45, 7) is 5.50. The molecule has 0 aliphatic heterocycles. The number of thiazole rings is 1. The number of pyridine rings is 1. The Labute approximate surface area is 110 Å². The molecule has 0 fully saturated rings. The van der Waals surface area contributed by atoms with E-state index in [1.165, 1.54) is 11.3 Å². The van der Waals surface area contributed by atoms with Crippen LogP contribution in [-0.2, 0) is 4.74 Å². The molecule has 4 nitrogen and oxygen atoms in total. The standard InChI is InChI=1S/C13H14N2O2S/c1-13(2,3)17-12(16)10-8-18-11(15-10)9-5-4-6-14-7-9/h4-8H,1-3H3. The van der Waals surface area contributed by atoms with Gasteiger partial charge in [0.1, 0.15) is 10.6 Å². The van der Waals surface area contributed by atoms with Crippen LogP contribution in [0.2, 0.25) is 0 Å². The highest BCUT2D eigenvalue weighted by Gasteiger charge is 2.20. The molecule has 0 amide bonds. The second-order valence-electron chi connectivity index (χ2n) is 4.78. The van der Waals surface area contributed by atoms with Crippen LogP contribution < -0.4 is 0 Å². The second-order valence-corrected chi connectivity index (χ2v) is 5.64. The normalized spacial score (nSPS) is 11.3. The third kappa shape index (κ3) is 3.13. The lowest BCUT2D eigenvalue weighted by atomic mass is 10.2. The van der Waals surface area contributed by atoms with Gasteiger partial charge in [0.2, 0.25) is 0 Å². The molecule has 2 aromatic rings. The molecule has 0 saturated carbocycles. The molecule has 0 N–H and O–H groups in total. The summed E-state index contributed by atoms with van der Waals surface area (Å²) in [5, 5.41) is 2.47. The van der Waals surface area contributed by atoms with Gasteiger partial charge in [-0.2, -0.15) is 0 Å². The van der Waals surface area contributed by atoms with Crippen molar-refractivity contribution in [3.8, 4) is 10.6 Å². The van der Waals surface area contributed by atoms with Gasteiger partial charge in [-0.1, -0.05) is 0 Å². The average Bonchev–Trinajstić information content (AvgIpc) is 2.77. The Kier molecular flexibility index (Phi) is 3.43. The van der Waals surface area contributed by atoms with Crippen molar-refractivity contribution >= 4 is 17.3 Å². The largest absolute Gasteiger partial charge is 0.455 e. The highest BCUT2D eigenvalue weighted by Crippen LogP contribution is 2.23. The van der Waals surface area contributed by atoms with Crippen molar-refractivity contribution in [3.63, 3.8) is 0 Å². The van der Waals surface area contributed by atoms with E-state index in [-0.39, 0.29) is 0 Å². The van der Waals surface area contributed by atoms with Gasteiger partial charge in [0.15, 0.2) is 5.69 Å². The van der Waals surface area contributed by atoms with Gasteiger partial charge >= 0.3 is 5.97 Å². The van der Waals surface area contributed by atoms with E-state index < -0.39 is 11.6 Å². The predicted molar refractivity (Wildman–Crippen MR) is 70.5 cm³/mol. The van der Waals surface area contributed by atoms with E-state index in [9.17, 15) is 4.79 Å². The minimum atomic E-state index is -0.505. The van der Waals surface area contributed by atoms with Crippen LogP contribution in [0.15, 0.2) is 29.9 Å². The zero-order valence-electron chi connectivity index (χ0n) is 10.5. The predicted octanol–water partition coefficient (Wildman–Crippen LogP) is 3.16. The molecular formula is C13H14N2O2S. The van der Waals surface area contributed by atoms with Crippen LogP contribution >= 0.6 is 11.3 Å². The highest BCUT2D eigenvalue weighted by molar-refractivity contribution is 7.13. The van der Waals surface area contributed by atoms with Gasteiger partial charge in [0.25, 0.3) is 0 Å². The van der Waals surface area contributed by atoms with Crippen molar-refractivity contribution in [2.24, 2.45) is 0 Å². The third-order valence-corrected chi connectivity index (χ3v) is 2.91. The van der Waals surface area contributed by atoms with Crippen molar-refractivity contribution < 1.29 is 9.53 Å². The van der Waals surface area contributed by atoms with Crippen LogP contribution in [0.5, 0.6) is 0 Å².